The maximum Gasteiger partial charge on any atom is 0.224 e. The van der Waals surface area contributed by atoms with Gasteiger partial charge in [0, 0.05) is 24.0 Å². The fourth-order valence-corrected chi connectivity index (χ4v) is 2.45. The zero-order chi connectivity index (χ0) is 16.6. The van der Waals surface area contributed by atoms with Crippen molar-refractivity contribution in [2.24, 2.45) is 0 Å². The highest BCUT2D eigenvalue weighted by atomic mass is 35.5. The molecule has 0 saturated carbocycles. The Balaban J connectivity index is 1.51. The number of benzene rings is 1. The van der Waals surface area contributed by atoms with E-state index in [0.29, 0.717) is 12.5 Å². The lowest BCUT2D eigenvalue weighted by molar-refractivity contribution is 0.974. The minimum absolute atomic E-state index is 0.600. The summed E-state index contributed by atoms with van der Waals surface area (Å²) in [5, 5.41) is 7.23. The molecule has 0 radical (unpaired) electrons. The molecule has 6 heteroatoms. The fourth-order valence-electron chi connectivity index (χ4n) is 2.24. The normalized spacial score (nSPS) is 10.4. The van der Waals surface area contributed by atoms with E-state index in [1.807, 2.05) is 42.5 Å². The number of halogens is 1. The molecule has 2 N–H and O–H groups in total. The molecule has 0 fully saturated rings. The van der Waals surface area contributed by atoms with E-state index in [4.69, 9.17) is 11.6 Å². The number of nitrogens with one attached hydrogen (secondary N) is 2. The summed E-state index contributed by atoms with van der Waals surface area (Å²) in [5.41, 5.74) is 2.14. The summed E-state index contributed by atoms with van der Waals surface area (Å²) in [6.07, 6.45) is 4.37. The van der Waals surface area contributed by atoms with E-state index in [1.54, 1.807) is 12.4 Å². The molecular weight excluding hydrogens is 322 g/mol. The largest absolute Gasteiger partial charge is 0.364 e. The Kier molecular flexibility index (Phi) is 5.58. The van der Waals surface area contributed by atoms with Gasteiger partial charge in [0.2, 0.25) is 5.95 Å². The molecule has 3 rings (SSSR count). The second kappa shape index (κ2) is 8.26. The molecule has 0 unspecified atom stereocenters. The molecule has 2 aromatic heterocycles. The van der Waals surface area contributed by atoms with Gasteiger partial charge in [-0.2, -0.15) is 4.98 Å². The van der Waals surface area contributed by atoms with Gasteiger partial charge in [0.15, 0.2) is 0 Å². The van der Waals surface area contributed by atoms with Gasteiger partial charge in [-0.1, -0.05) is 29.8 Å². The highest BCUT2D eigenvalue weighted by Gasteiger charge is 2.00. The molecule has 1 aromatic carbocycles. The van der Waals surface area contributed by atoms with Crippen LogP contribution in [-0.4, -0.2) is 21.5 Å². The first-order valence-corrected chi connectivity index (χ1v) is 8.12. The average molecular weight is 340 g/mol. The highest BCUT2D eigenvalue weighted by Crippen LogP contribution is 2.12. The molecule has 0 aliphatic heterocycles. The van der Waals surface area contributed by atoms with Crippen molar-refractivity contribution in [3.05, 3.63) is 77.2 Å². The lowest BCUT2D eigenvalue weighted by Gasteiger charge is -2.08. The molecule has 0 spiro atoms. The van der Waals surface area contributed by atoms with Crippen LogP contribution in [0.1, 0.15) is 11.3 Å². The molecule has 0 aliphatic carbocycles. The minimum atomic E-state index is 0.600. The van der Waals surface area contributed by atoms with Crippen LogP contribution in [0.2, 0.25) is 5.02 Å². The Hall–Kier alpha value is -2.66. The summed E-state index contributed by atoms with van der Waals surface area (Å²) in [5.74, 6) is 1.36. The van der Waals surface area contributed by atoms with Crippen LogP contribution in [0.5, 0.6) is 0 Å². The van der Waals surface area contributed by atoms with E-state index in [2.05, 4.69) is 31.7 Å². The number of pyridine rings is 1. The fraction of sp³-hybridized carbons (Fsp3) is 0.167. The standard InChI is InChI=1S/C18H18ClN5/c19-15-5-3-4-14(12-15)7-10-21-18-22-11-8-17(24-18)23-13-16-6-1-2-9-20-16/h1-6,8-9,11-12H,7,10,13H2,(H2,21,22,23,24). The average Bonchev–Trinajstić information content (AvgIpc) is 2.61. The van der Waals surface area contributed by atoms with Crippen LogP contribution in [0.25, 0.3) is 0 Å². The molecule has 122 valence electrons. The van der Waals surface area contributed by atoms with Gasteiger partial charge in [-0.15, -0.1) is 0 Å². The van der Waals surface area contributed by atoms with Crippen LogP contribution in [-0.2, 0) is 13.0 Å². The summed E-state index contributed by atoms with van der Waals surface area (Å²) in [4.78, 5) is 13.0. The van der Waals surface area contributed by atoms with Crippen molar-refractivity contribution in [1.82, 2.24) is 15.0 Å². The third-order valence-corrected chi connectivity index (χ3v) is 3.65. The van der Waals surface area contributed by atoms with Gasteiger partial charge in [0.25, 0.3) is 0 Å². The van der Waals surface area contributed by atoms with E-state index in [1.165, 1.54) is 5.56 Å². The predicted octanol–water partition coefficient (Wildman–Crippen LogP) is 3.79. The van der Waals surface area contributed by atoms with Crippen LogP contribution in [0, 0.1) is 0 Å². The van der Waals surface area contributed by atoms with Crippen molar-refractivity contribution in [3.8, 4) is 0 Å². The predicted molar refractivity (Wildman–Crippen MR) is 97.2 cm³/mol. The van der Waals surface area contributed by atoms with Gasteiger partial charge in [0.05, 0.1) is 12.2 Å². The SMILES string of the molecule is Clc1cccc(CCNc2nccc(NCc3ccccn3)n2)c1. The second-order valence-corrected chi connectivity index (χ2v) is 5.68. The molecule has 0 atom stereocenters. The molecule has 5 nitrogen and oxygen atoms in total. The van der Waals surface area contributed by atoms with Crippen LogP contribution >= 0.6 is 11.6 Å². The lowest BCUT2D eigenvalue weighted by atomic mass is 10.1. The van der Waals surface area contributed by atoms with E-state index in [0.717, 1.165) is 29.5 Å². The number of hydrogen-bond acceptors (Lipinski definition) is 5. The molecule has 0 saturated heterocycles. The van der Waals surface area contributed by atoms with Crippen molar-refractivity contribution >= 4 is 23.4 Å². The van der Waals surface area contributed by atoms with E-state index >= 15 is 0 Å². The van der Waals surface area contributed by atoms with Gasteiger partial charge in [-0.25, -0.2) is 4.98 Å². The monoisotopic (exact) mass is 339 g/mol. The summed E-state index contributed by atoms with van der Waals surface area (Å²) < 4.78 is 0. The maximum absolute atomic E-state index is 5.99. The molecule has 0 bridgehead atoms. The molecular formula is C18H18ClN5. The number of aromatic nitrogens is 3. The number of rotatable bonds is 7. The van der Waals surface area contributed by atoms with Gasteiger partial charge >= 0.3 is 0 Å². The second-order valence-electron chi connectivity index (χ2n) is 5.25. The van der Waals surface area contributed by atoms with Crippen LogP contribution in [0.4, 0.5) is 11.8 Å². The Bertz CT molecular complexity index is 779. The lowest BCUT2D eigenvalue weighted by Crippen LogP contribution is -2.09. The van der Waals surface area contributed by atoms with E-state index in [-0.39, 0.29) is 0 Å². The summed E-state index contributed by atoms with van der Waals surface area (Å²) in [7, 11) is 0. The Labute approximate surface area is 146 Å². The molecule has 0 amide bonds. The molecule has 0 aliphatic rings. The zero-order valence-corrected chi connectivity index (χ0v) is 13.9. The summed E-state index contributed by atoms with van der Waals surface area (Å²) in [6.45, 7) is 1.36. The summed E-state index contributed by atoms with van der Waals surface area (Å²) >= 11 is 5.99. The summed E-state index contributed by atoms with van der Waals surface area (Å²) in [6, 6.07) is 15.5. The van der Waals surface area contributed by atoms with Gasteiger partial charge < -0.3 is 10.6 Å². The van der Waals surface area contributed by atoms with Crippen molar-refractivity contribution in [1.29, 1.82) is 0 Å². The first kappa shape index (κ1) is 16.2. The first-order chi connectivity index (χ1) is 11.8. The number of hydrogen-bond donors (Lipinski definition) is 2. The van der Waals surface area contributed by atoms with Gasteiger partial charge in [0.1, 0.15) is 5.82 Å². The van der Waals surface area contributed by atoms with Crippen molar-refractivity contribution in [3.63, 3.8) is 0 Å². The number of nitrogens with zero attached hydrogens (tertiary/aromatic N) is 3. The quantitative estimate of drug-likeness (QED) is 0.685. The third-order valence-electron chi connectivity index (χ3n) is 3.42. The third kappa shape index (κ3) is 4.93. The minimum Gasteiger partial charge on any atom is -0.364 e. The van der Waals surface area contributed by atoms with Crippen LogP contribution < -0.4 is 10.6 Å². The van der Waals surface area contributed by atoms with Crippen LogP contribution in [0.15, 0.2) is 60.9 Å². The van der Waals surface area contributed by atoms with E-state index < -0.39 is 0 Å². The smallest absolute Gasteiger partial charge is 0.224 e. The van der Waals surface area contributed by atoms with Crippen molar-refractivity contribution in [2.45, 2.75) is 13.0 Å². The number of anilines is 2. The van der Waals surface area contributed by atoms with Crippen LogP contribution in [0.3, 0.4) is 0 Å². The van der Waals surface area contributed by atoms with E-state index in [9.17, 15) is 0 Å². The molecule has 24 heavy (non-hydrogen) atoms. The van der Waals surface area contributed by atoms with Crippen molar-refractivity contribution < 1.29 is 0 Å². The van der Waals surface area contributed by atoms with Gasteiger partial charge in [-0.05, 0) is 42.3 Å². The highest BCUT2D eigenvalue weighted by molar-refractivity contribution is 6.30. The molecule has 2 heterocycles. The molecule has 3 aromatic rings. The van der Waals surface area contributed by atoms with Gasteiger partial charge in [-0.3, -0.25) is 4.98 Å². The zero-order valence-electron chi connectivity index (χ0n) is 13.1. The Morgan fingerprint density at radius 2 is 1.88 bits per heavy atom. The van der Waals surface area contributed by atoms with Crippen molar-refractivity contribution in [2.75, 3.05) is 17.2 Å². The topological polar surface area (TPSA) is 62.7 Å². The Morgan fingerprint density at radius 1 is 0.917 bits per heavy atom. The Morgan fingerprint density at radius 3 is 2.71 bits per heavy atom. The maximum atomic E-state index is 5.99. The first-order valence-electron chi connectivity index (χ1n) is 7.75.